The molecule has 2 saturated heterocycles. The lowest BCUT2D eigenvalue weighted by atomic mass is 9.87. The summed E-state index contributed by atoms with van der Waals surface area (Å²) in [5.41, 5.74) is 2.07. The van der Waals surface area contributed by atoms with Crippen molar-refractivity contribution in [1.29, 1.82) is 5.26 Å². The summed E-state index contributed by atoms with van der Waals surface area (Å²) in [4.78, 5) is 2.59. The van der Waals surface area contributed by atoms with Crippen LogP contribution in [0.25, 0.3) is 0 Å². The van der Waals surface area contributed by atoms with Crippen molar-refractivity contribution in [3.8, 4) is 6.07 Å². The molecular weight excluding hydrogens is 258 g/mol. The van der Waals surface area contributed by atoms with Crippen molar-refractivity contribution in [2.24, 2.45) is 5.92 Å². The molecule has 21 heavy (non-hydrogen) atoms. The van der Waals surface area contributed by atoms with Crippen molar-refractivity contribution < 1.29 is 0 Å². The second-order valence-corrected chi connectivity index (χ2v) is 6.49. The summed E-state index contributed by atoms with van der Waals surface area (Å²) in [6, 6.07) is 11.5. The Bertz CT molecular complexity index is 488. The van der Waals surface area contributed by atoms with Gasteiger partial charge in [0, 0.05) is 12.1 Å². The second-order valence-electron chi connectivity index (χ2n) is 6.49. The monoisotopic (exact) mass is 283 g/mol. The fourth-order valence-electron chi connectivity index (χ4n) is 3.87. The van der Waals surface area contributed by atoms with Gasteiger partial charge in [-0.15, -0.1) is 0 Å². The van der Waals surface area contributed by atoms with Crippen LogP contribution in [-0.4, -0.2) is 30.6 Å². The Balaban J connectivity index is 1.56. The first-order valence-electron chi connectivity index (χ1n) is 8.25. The SMILES string of the molecule is CC(c1ccc(C#N)cc1)N1CCC(C2CCCN2)CC1. The van der Waals surface area contributed by atoms with E-state index in [9.17, 15) is 0 Å². The number of piperidine rings is 1. The van der Waals surface area contributed by atoms with Crippen molar-refractivity contribution in [3.05, 3.63) is 35.4 Å². The van der Waals surface area contributed by atoms with Crippen LogP contribution in [0.5, 0.6) is 0 Å². The van der Waals surface area contributed by atoms with Gasteiger partial charge in [0.1, 0.15) is 0 Å². The number of benzene rings is 1. The Morgan fingerprint density at radius 2 is 1.90 bits per heavy atom. The summed E-state index contributed by atoms with van der Waals surface area (Å²) in [5.74, 6) is 0.872. The van der Waals surface area contributed by atoms with Gasteiger partial charge in [0.25, 0.3) is 0 Å². The van der Waals surface area contributed by atoms with E-state index in [1.165, 1.54) is 50.9 Å². The summed E-state index contributed by atoms with van der Waals surface area (Å²) in [5, 5.41) is 12.5. The maximum absolute atomic E-state index is 8.88. The van der Waals surface area contributed by atoms with E-state index in [1.807, 2.05) is 12.1 Å². The standard InChI is InChI=1S/C18H25N3/c1-14(16-6-4-15(13-19)5-7-16)21-11-8-17(9-12-21)18-3-2-10-20-18/h4-7,14,17-18,20H,2-3,8-12H2,1H3. The lowest BCUT2D eigenvalue weighted by molar-refractivity contribution is 0.126. The molecule has 1 aromatic carbocycles. The molecule has 0 aliphatic carbocycles. The molecule has 0 saturated carbocycles. The van der Waals surface area contributed by atoms with Crippen molar-refractivity contribution in [3.63, 3.8) is 0 Å². The second kappa shape index (κ2) is 6.60. The van der Waals surface area contributed by atoms with Gasteiger partial charge in [-0.3, -0.25) is 4.90 Å². The molecule has 2 heterocycles. The molecule has 0 bridgehead atoms. The molecule has 2 aliphatic rings. The highest BCUT2D eigenvalue weighted by Gasteiger charge is 2.29. The minimum atomic E-state index is 0.454. The smallest absolute Gasteiger partial charge is 0.0991 e. The Labute approximate surface area is 128 Å². The van der Waals surface area contributed by atoms with Gasteiger partial charge in [-0.25, -0.2) is 0 Å². The van der Waals surface area contributed by atoms with Crippen LogP contribution in [0.2, 0.25) is 0 Å². The van der Waals surface area contributed by atoms with Gasteiger partial charge in [-0.05, 0) is 75.9 Å². The molecule has 0 amide bonds. The van der Waals surface area contributed by atoms with Crippen LogP contribution in [0.15, 0.2) is 24.3 Å². The third-order valence-electron chi connectivity index (χ3n) is 5.31. The Hall–Kier alpha value is -1.37. The molecule has 0 aromatic heterocycles. The van der Waals surface area contributed by atoms with Crippen LogP contribution < -0.4 is 5.32 Å². The number of hydrogen-bond acceptors (Lipinski definition) is 3. The van der Waals surface area contributed by atoms with E-state index in [0.29, 0.717) is 6.04 Å². The topological polar surface area (TPSA) is 39.1 Å². The molecule has 2 fully saturated rings. The first-order valence-corrected chi connectivity index (χ1v) is 8.25. The summed E-state index contributed by atoms with van der Waals surface area (Å²) in [6.07, 6.45) is 5.36. The lowest BCUT2D eigenvalue weighted by Gasteiger charge is -2.38. The first-order chi connectivity index (χ1) is 10.3. The lowest BCUT2D eigenvalue weighted by Crippen LogP contribution is -2.41. The molecule has 3 nitrogen and oxygen atoms in total. The van der Waals surface area contributed by atoms with Gasteiger partial charge in [-0.2, -0.15) is 5.26 Å². The van der Waals surface area contributed by atoms with Crippen molar-refractivity contribution in [2.75, 3.05) is 19.6 Å². The average molecular weight is 283 g/mol. The normalized spacial score (nSPS) is 25.6. The van der Waals surface area contributed by atoms with E-state index < -0.39 is 0 Å². The number of likely N-dealkylation sites (tertiary alicyclic amines) is 1. The predicted octanol–water partition coefficient (Wildman–Crippen LogP) is 3.08. The number of rotatable bonds is 3. The van der Waals surface area contributed by atoms with Crippen molar-refractivity contribution in [1.82, 2.24) is 10.2 Å². The molecule has 2 unspecified atom stereocenters. The molecule has 1 N–H and O–H groups in total. The van der Waals surface area contributed by atoms with Gasteiger partial charge in [0.05, 0.1) is 11.6 Å². The van der Waals surface area contributed by atoms with Gasteiger partial charge in [0.15, 0.2) is 0 Å². The largest absolute Gasteiger partial charge is 0.314 e. The third kappa shape index (κ3) is 3.28. The molecule has 0 spiro atoms. The van der Waals surface area contributed by atoms with Gasteiger partial charge in [0.2, 0.25) is 0 Å². The molecule has 112 valence electrons. The van der Waals surface area contributed by atoms with Crippen LogP contribution in [0, 0.1) is 17.2 Å². The highest BCUT2D eigenvalue weighted by atomic mass is 15.2. The highest BCUT2D eigenvalue weighted by molar-refractivity contribution is 5.32. The van der Waals surface area contributed by atoms with Crippen molar-refractivity contribution >= 4 is 0 Å². The Kier molecular flexibility index (Phi) is 4.57. The molecule has 3 heteroatoms. The summed E-state index contributed by atoms with van der Waals surface area (Å²) in [6.45, 7) is 5.90. The van der Waals surface area contributed by atoms with E-state index in [-0.39, 0.29) is 0 Å². The van der Waals surface area contributed by atoms with Gasteiger partial charge >= 0.3 is 0 Å². The molecule has 1 aromatic rings. The Morgan fingerprint density at radius 3 is 2.48 bits per heavy atom. The number of hydrogen-bond donors (Lipinski definition) is 1. The number of nitriles is 1. The van der Waals surface area contributed by atoms with Gasteiger partial charge < -0.3 is 5.32 Å². The van der Waals surface area contributed by atoms with E-state index in [0.717, 1.165) is 17.5 Å². The third-order valence-corrected chi connectivity index (χ3v) is 5.31. The molecule has 3 rings (SSSR count). The van der Waals surface area contributed by atoms with Crippen LogP contribution in [0.3, 0.4) is 0 Å². The van der Waals surface area contributed by atoms with E-state index in [2.05, 4.69) is 35.3 Å². The summed E-state index contributed by atoms with van der Waals surface area (Å²) < 4.78 is 0. The van der Waals surface area contributed by atoms with Crippen LogP contribution >= 0.6 is 0 Å². The molecule has 2 aliphatic heterocycles. The number of nitrogens with one attached hydrogen (secondary N) is 1. The molecule has 2 atom stereocenters. The Morgan fingerprint density at radius 1 is 1.19 bits per heavy atom. The zero-order valence-electron chi connectivity index (χ0n) is 12.9. The fourth-order valence-corrected chi connectivity index (χ4v) is 3.87. The predicted molar refractivity (Wildman–Crippen MR) is 84.9 cm³/mol. The zero-order valence-corrected chi connectivity index (χ0v) is 12.9. The zero-order chi connectivity index (χ0) is 14.7. The van der Waals surface area contributed by atoms with Crippen LogP contribution in [-0.2, 0) is 0 Å². The maximum Gasteiger partial charge on any atom is 0.0991 e. The van der Waals surface area contributed by atoms with Crippen molar-refractivity contribution in [2.45, 2.75) is 44.7 Å². The number of nitrogens with zero attached hydrogens (tertiary/aromatic N) is 2. The average Bonchev–Trinajstić information content (AvgIpc) is 3.09. The fraction of sp³-hybridized carbons (Fsp3) is 0.611. The van der Waals surface area contributed by atoms with E-state index >= 15 is 0 Å². The van der Waals surface area contributed by atoms with Gasteiger partial charge in [-0.1, -0.05) is 12.1 Å². The summed E-state index contributed by atoms with van der Waals surface area (Å²) in [7, 11) is 0. The molecule has 0 radical (unpaired) electrons. The maximum atomic E-state index is 8.88. The van der Waals surface area contributed by atoms with Crippen LogP contribution in [0.4, 0.5) is 0 Å². The highest BCUT2D eigenvalue weighted by Crippen LogP contribution is 2.30. The quantitative estimate of drug-likeness (QED) is 0.926. The summed E-state index contributed by atoms with van der Waals surface area (Å²) >= 11 is 0. The minimum absolute atomic E-state index is 0.454. The van der Waals surface area contributed by atoms with E-state index in [4.69, 9.17) is 5.26 Å². The first kappa shape index (κ1) is 14.6. The minimum Gasteiger partial charge on any atom is -0.314 e. The van der Waals surface area contributed by atoms with Crippen LogP contribution in [0.1, 0.15) is 49.8 Å². The molecular formula is C18H25N3. The van der Waals surface area contributed by atoms with E-state index in [1.54, 1.807) is 0 Å².